The van der Waals surface area contributed by atoms with Gasteiger partial charge in [-0.25, -0.2) is 9.59 Å². The quantitative estimate of drug-likeness (QED) is 0.339. The Morgan fingerprint density at radius 1 is 1.06 bits per heavy atom. The summed E-state index contributed by atoms with van der Waals surface area (Å²) in [5.41, 5.74) is 6.08. The number of anilines is 2. The van der Waals surface area contributed by atoms with Crippen molar-refractivity contribution >= 4 is 35.4 Å². The molecule has 11 nitrogen and oxygen atoms in total. The number of nitrogens with zero attached hydrogens (tertiary/aromatic N) is 2. The van der Waals surface area contributed by atoms with Crippen molar-refractivity contribution in [2.45, 2.75) is 13.3 Å². The molecule has 0 saturated carbocycles. The highest BCUT2D eigenvalue weighted by atomic mass is 16.5. The molecule has 0 bridgehead atoms. The molecule has 32 heavy (non-hydrogen) atoms. The van der Waals surface area contributed by atoms with Gasteiger partial charge in [-0.15, -0.1) is 0 Å². The topological polar surface area (TPSA) is 145 Å². The highest BCUT2D eigenvalue weighted by Crippen LogP contribution is 2.33. The first-order valence-corrected chi connectivity index (χ1v) is 9.54. The number of hydrogen-bond donors (Lipinski definition) is 3. The third-order valence-electron chi connectivity index (χ3n) is 3.96. The molecule has 0 aliphatic heterocycles. The van der Waals surface area contributed by atoms with Gasteiger partial charge < -0.3 is 25.3 Å². The van der Waals surface area contributed by atoms with Crippen LogP contribution in [0.3, 0.4) is 0 Å². The fraction of sp³-hybridized carbons (Fsp3) is 0.238. The van der Waals surface area contributed by atoms with Crippen LogP contribution >= 0.6 is 0 Å². The molecule has 170 valence electrons. The van der Waals surface area contributed by atoms with Gasteiger partial charge in [-0.2, -0.15) is 4.99 Å². The van der Waals surface area contributed by atoms with Crippen LogP contribution in [0.5, 0.6) is 11.5 Å². The van der Waals surface area contributed by atoms with Gasteiger partial charge in [-0.3, -0.25) is 15.0 Å². The van der Waals surface area contributed by atoms with Crippen LogP contribution in [0.15, 0.2) is 53.5 Å². The van der Waals surface area contributed by atoms with Crippen LogP contribution in [0.25, 0.3) is 0 Å². The van der Waals surface area contributed by atoms with E-state index in [9.17, 15) is 14.4 Å². The second kappa shape index (κ2) is 11.9. The van der Waals surface area contributed by atoms with Gasteiger partial charge in [0, 0.05) is 19.6 Å². The zero-order valence-electron chi connectivity index (χ0n) is 18.0. The summed E-state index contributed by atoms with van der Waals surface area (Å²) in [5, 5.41) is 5.14. The molecular formula is C21H25N5O6. The number of nitrogens with two attached hydrogens (primary N) is 1. The fourth-order valence-corrected chi connectivity index (χ4v) is 2.48. The van der Waals surface area contributed by atoms with Crippen LogP contribution in [0.4, 0.5) is 21.0 Å². The van der Waals surface area contributed by atoms with Crippen molar-refractivity contribution in [3.8, 4) is 11.5 Å². The minimum Gasteiger partial charge on any atom is -0.457 e. The van der Waals surface area contributed by atoms with E-state index in [0.717, 1.165) is 4.90 Å². The smallest absolute Gasteiger partial charge is 0.413 e. The van der Waals surface area contributed by atoms with Crippen molar-refractivity contribution in [3.05, 3.63) is 48.5 Å². The Morgan fingerprint density at radius 3 is 2.38 bits per heavy atom. The number of methoxy groups -OCH3 is 2. The number of ether oxygens (including phenoxy) is 3. The van der Waals surface area contributed by atoms with E-state index in [1.54, 1.807) is 37.3 Å². The molecule has 4 amide bonds. The highest BCUT2D eigenvalue weighted by Gasteiger charge is 2.19. The largest absolute Gasteiger partial charge is 0.457 e. The van der Waals surface area contributed by atoms with E-state index in [4.69, 9.17) is 15.2 Å². The number of para-hydroxylation sites is 1. The lowest BCUT2D eigenvalue weighted by Gasteiger charge is -2.24. The molecule has 0 unspecified atom stereocenters. The number of alkyl carbamates (subject to hydrolysis) is 1. The SMILES string of the molecule is CCC(=O)N=C(NC(=O)OC)Nc1ccc(Oc2ccccc2)cc1N(COC)C(N)=O. The molecule has 0 heterocycles. The van der Waals surface area contributed by atoms with E-state index in [2.05, 4.69) is 20.4 Å². The van der Waals surface area contributed by atoms with Crippen molar-refractivity contribution in [2.75, 3.05) is 31.2 Å². The number of benzene rings is 2. The molecule has 11 heteroatoms. The lowest BCUT2D eigenvalue weighted by atomic mass is 10.2. The molecule has 0 aliphatic carbocycles. The third-order valence-corrected chi connectivity index (χ3v) is 3.96. The van der Waals surface area contributed by atoms with Crippen molar-refractivity contribution in [2.24, 2.45) is 10.7 Å². The van der Waals surface area contributed by atoms with Gasteiger partial charge >= 0.3 is 12.1 Å². The number of carbonyl (C=O) groups excluding carboxylic acids is 3. The maximum atomic E-state index is 12.1. The molecule has 0 aliphatic rings. The summed E-state index contributed by atoms with van der Waals surface area (Å²) in [6, 6.07) is 13.0. The van der Waals surface area contributed by atoms with Crippen molar-refractivity contribution < 1.29 is 28.6 Å². The predicted octanol–water partition coefficient (Wildman–Crippen LogP) is 3.03. The zero-order valence-corrected chi connectivity index (χ0v) is 18.0. The second-order valence-corrected chi connectivity index (χ2v) is 6.23. The number of amides is 4. The van der Waals surface area contributed by atoms with Crippen molar-refractivity contribution in [1.29, 1.82) is 0 Å². The number of nitrogens with one attached hydrogen (secondary N) is 2. The second-order valence-electron chi connectivity index (χ2n) is 6.23. The van der Waals surface area contributed by atoms with Crippen molar-refractivity contribution in [3.63, 3.8) is 0 Å². The minimum absolute atomic E-state index is 0.113. The van der Waals surface area contributed by atoms with Gasteiger partial charge in [0.1, 0.15) is 18.2 Å². The molecule has 0 atom stereocenters. The molecule has 0 radical (unpaired) electrons. The summed E-state index contributed by atoms with van der Waals surface area (Å²) >= 11 is 0. The summed E-state index contributed by atoms with van der Waals surface area (Å²) in [7, 11) is 2.57. The van der Waals surface area contributed by atoms with Crippen LogP contribution < -0.4 is 26.0 Å². The first kappa shape index (κ1) is 24.2. The lowest BCUT2D eigenvalue weighted by molar-refractivity contribution is -0.117. The third kappa shape index (κ3) is 6.99. The van der Waals surface area contributed by atoms with Crippen LogP contribution in [0.2, 0.25) is 0 Å². The first-order chi connectivity index (χ1) is 15.4. The van der Waals surface area contributed by atoms with E-state index in [-0.39, 0.29) is 24.8 Å². The van der Waals surface area contributed by atoms with E-state index in [1.165, 1.54) is 14.2 Å². The van der Waals surface area contributed by atoms with E-state index < -0.39 is 18.0 Å². The Kier molecular flexibility index (Phi) is 8.99. The zero-order chi connectivity index (χ0) is 23.5. The Morgan fingerprint density at radius 2 is 1.78 bits per heavy atom. The Bertz CT molecular complexity index is 980. The Balaban J connectivity index is 2.48. The molecule has 2 aromatic carbocycles. The molecule has 0 saturated heterocycles. The molecule has 0 aromatic heterocycles. The fourth-order valence-electron chi connectivity index (χ4n) is 2.48. The number of guanidine groups is 1. The van der Waals surface area contributed by atoms with Crippen LogP contribution in [-0.4, -0.2) is 44.9 Å². The molecule has 2 aromatic rings. The lowest BCUT2D eigenvalue weighted by Crippen LogP contribution is -2.39. The first-order valence-electron chi connectivity index (χ1n) is 9.54. The number of carbonyl (C=O) groups is 3. The van der Waals surface area contributed by atoms with Crippen LogP contribution in [0, 0.1) is 0 Å². The maximum absolute atomic E-state index is 12.1. The van der Waals surface area contributed by atoms with Gasteiger partial charge in [0.15, 0.2) is 0 Å². The number of hydrogen-bond acceptors (Lipinski definition) is 6. The number of aliphatic imine (C=N–C) groups is 1. The summed E-state index contributed by atoms with van der Waals surface area (Å²) < 4.78 is 15.5. The van der Waals surface area contributed by atoms with Gasteiger partial charge in [0.2, 0.25) is 11.9 Å². The molecule has 0 spiro atoms. The monoisotopic (exact) mass is 443 g/mol. The number of urea groups is 1. The van der Waals surface area contributed by atoms with Gasteiger partial charge in [-0.1, -0.05) is 25.1 Å². The standard InChI is InChI=1S/C21H25N5O6/c1-4-18(27)24-20(25-21(29)31-3)23-16-11-10-15(32-14-8-6-5-7-9-14)12-17(16)26(13-30-2)19(22)28/h5-12H,4,13H2,1-3H3,(H2,22,28)(H2,23,24,25,27,29). The van der Waals surface area contributed by atoms with E-state index in [1.807, 2.05) is 18.2 Å². The van der Waals surface area contributed by atoms with Gasteiger partial charge in [-0.05, 0) is 24.3 Å². The van der Waals surface area contributed by atoms with E-state index >= 15 is 0 Å². The maximum Gasteiger partial charge on any atom is 0.413 e. The van der Waals surface area contributed by atoms with Crippen LogP contribution in [0.1, 0.15) is 13.3 Å². The van der Waals surface area contributed by atoms with Gasteiger partial charge in [0.25, 0.3) is 0 Å². The van der Waals surface area contributed by atoms with E-state index in [0.29, 0.717) is 17.2 Å². The van der Waals surface area contributed by atoms with Crippen molar-refractivity contribution in [1.82, 2.24) is 5.32 Å². The summed E-state index contributed by atoms with van der Waals surface area (Å²) in [5.74, 6) is 0.310. The highest BCUT2D eigenvalue weighted by molar-refractivity contribution is 6.09. The summed E-state index contributed by atoms with van der Waals surface area (Å²) in [6.45, 7) is 1.46. The minimum atomic E-state index is -0.839. The average molecular weight is 443 g/mol. The van der Waals surface area contributed by atoms with Crippen LogP contribution in [-0.2, 0) is 14.3 Å². The average Bonchev–Trinajstić information content (AvgIpc) is 2.78. The molecular weight excluding hydrogens is 418 g/mol. The predicted molar refractivity (Wildman–Crippen MR) is 119 cm³/mol. The summed E-state index contributed by atoms with van der Waals surface area (Å²) in [6.07, 6.45) is -0.726. The Labute approximate surface area is 185 Å². The Hall–Kier alpha value is -4.12. The van der Waals surface area contributed by atoms with Gasteiger partial charge in [0.05, 0.1) is 18.5 Å². The summed E-state index contributed by atoms with van der Waals surface area (Å²) in [4.78, 5) is 40.5. The number of primary amides is 1. The number of rotatable bonds is 7. The molecule has 0 fully saturated rings. The molecule has 4 N–H and O–H groups in total. The normalized spacial score (nSPS) is 10.8. The molecule has 2 rings (SSSR count).